The summed E-state index contributed by atoms with van der Waals surface area (Å²) in [5.41, 5.74) is 5.69. The summed E-state index contributed by atoms with van der Waals surface area (Å²) in [4.78, 5) is 0. The predicted molar refractivity (Wildman–Crippen MR) is 58.0 cm³/mol. The molecule has 0 aliphatic carbocycles. The van der Waals surface area contributed by atoms with Crippen molar-refractivity contribution in [1.82, 2.24) is 0 Å². The van der Waals surface area contributed by atoms with Gasteiger partial charge in [0.15, 0.2) is 0 Å². The summed E-state index contributed by atoms with van der Waals surface area (Å²) in [6.45, 7) is -0.0309. The maximum Gasteiger partial charge on any atom is 0.143 e. The van der Waals surface area contributed by atoms with E-state index < -0.39 is 12.2 Å². The number of benzene rings is 1. The van der Waals surface area contributed by atoms with E-state index >= 15 is 0 Å². The Morgan fingerprint density at radius 2 is 2.13 bits per heavy atom. The molecule has 0 aliphatic rings. The van der Waals surface area contributed by atoms with Gasteiger partial charge in [0.1, 0.15) is 11.9 Å². The standard InChI is InChI=1S/C10H14ClNO3/c1-15-10-6(3-2-4-7(10)11)9(14)8(13)5-12/h2-4,8-9,13-14H,5,12H2,1H3. The summed E-state index contributed by atoms with van der Waals surface area (Å²) < 4.78 is 5.05. The third-order valence-corrected chi connectivity index (χ3v) is 2.42. The molecule has 0 saturated heterocycles. The van der Waals surface area contributed by atoms with Crippen molar-refractivity contribution in [2.45, 2.75) is 12.2 Å². The van der Waals surface area contributed by atoms with E-state index in [9.17, 15) is 10.2 Å². The monoisotopic (exact) mass is 231 g/mol. The van der Waals surface area contributed by atoms with Crippen molar-refractivity contribution in [1.29, 1.82) is 0 Å². The van der Waals surface area contributed by atoms with E-state index in [-0.39, 0.29) is 6.54 Å². The zero-order chi connectivity index (χ0) is 11.4. The number of methoxy groups -OCH3 is 1. The summed E-state index contributed by atoms with van der Waals surface area (Å²) in [5, 5.41) is 19.6. The highest BCUT2D eigenvalue weighted by atomic mass is 35.5. The molecule has 15 heavy (non-hydrogen) atoms. The Morgan fingerprint density at radius 3 is 2.67 bits per heavy atom. The van der Waals surface area contributed by atoms with Crippen LogP contribution in [0.15, 0.2) is 18.2 Å². The smallest absolute Gasteiger partial charge is 0.143 e. The van der Waals surface area contributed by atoms with E-state index in [1.807, 2.05) is 0 Å². The van der Waals surface area contributed by atoms with Crippen LogP contribution < -0.4 is 10.5 Å². The lowest BCUT2D eigenvalue weighted by Gasteiger charge is -2.19. The summed E-state index contributed by atoms with van der Waals surface area (Å²) >= 11 is 5.87. The van der Waals surface area contributed by atoms with Gasteiger partial charge in [0.25, 0.3) is 0 Å². The van der Waals surface area contributed by atoms with Gasteiger partial charge < -0.3 is 20.7 Å². The lowest BCUT2D eigenvalue weighted by molar-refractivity contribution is 0.0229. The Hall–Kier alpha value is -0.810. The first-order chi connectivity index (χ1) is 7.11. The van der Waals surface area contributed by atoms with Crippen molar-refractivity contribution >= 4 is 11.6 Å². The van der Waals surface area contributed by atoms with Crippen LogP contribution in [0.4, 0.5) is 0 Å². The van der Waals surface area contributed by atoms with Crippen molar-refractivity contribution in [2.75, 3.05) is 13.7 Å². The van der Waals surface area contributed by atoms with Gasteiger partial charge in [-0.05, 0) is 6.07 Å². The molecular formula is C10H14ClNO3. The fraction of sp³-hybridized carbons (Fsp3) is 0.400. The quantitative estimate of drug-likeness (QED) is 0.713. The van der Waals surface area contributed by atoms with Crippen LogP contribution in [0.25, 0.3) is 0 Å². The molecular weight excluding hydrogens is 218 g/mol. The number of ether oxygens (including phenoxy) is 1. The molecule has 0 heterocycles. The normalized spacial score (nSPS) is 14.7. The number of aliphatic hydroxyl groups is 2. The van der Waals surface area contributed by atoms with Crippen molar-refractivity contribution in [3.63, 3.8) is 0 Å². The van der Waals surface area contributed by atoms with Gasteiger partial charge in [0.2, 0.25) is 0 Å². The minimum absolute atomic E-state index is 0.0309. The summed E-state index contributed by atoms with van der Waals surface area (Å²) in [5.74, 6) is 0.360. The summed E-state index contributed by atoms with van der Waals surface area (Å²) in [6.07, 6.45) is -2.12. The van der Waals surface area contributed by atoms with Crippen LogP contribution in [-0.4, -0.2) is 30.0 Å². The van der Waals surface area contributed by atoms with Gasteiger partial charge in [-0.2, -0.15) is 0 Å². The van der Waals surface area contributed by atoms with E-state index in [4.69, 9.17) is 22.1 Å². The Labute approximate surface area is 93.2 Å². The zero-order valence-corrected chi connectivity index (χ0v) is 9.11. The SMILES string of the molecule is COc1c(Cl)cccc1C(O)C(O)CN. The van der Waals surface area contributed by atoms with Crippen molar-refractivity contribution in [2.24, 2.45) is 5.73 Å². The number of rotatable bonds is 4. The molecule has 1 aromatic carbocycles. The van der Waals surface area contributed by atoms with Crippen LogP contribution >= 0.6 is 11.6 Å². The number of nitrogens with two attached hydrogens (primary N) is 1. The molecule has 1 rings (SSSR count). The number of halogens is 1. The molecule has 0 fully saturated rings. The number of hydrogen-bond acceptors (Lipinski definition) is 4. The highest BCUT2D eigenvalue weighted by Gasteiger charge is 2.21. The van der Waals surface area contributed by atoms with Crippen LogP contribution in [0.2, 0.25) is 5.02 Å². The molecule has 0 aliphatic heterocycles. The number of para-hydroxylation sites is 1. The molecule has 0 radical (unpaired) electrons. The van der Waals surface area contributed by atoms with Crippen LogP contribution in [0.3, 0.4) is 0 Å². The lowest BCUT2D eigenvalue weighted by atomic mass is 10.0. The Kier molecular flexibility index (Phi) is 4.35. The number of hydrogen-bond donors (Lipinski definition) is 3. The van der Waals surface area contributed by atoms with Crippen LogP contribution in [0.1, 0.15) is 11.7 Å². The van der Waals surface area contributed by atoms with Gasteiger partial charge in [-0.1, -0.05) is 23.7 Å². The molecule has 0 spiro atoms. The third kappa shape index (κ3) is 2.60. The average molecular weight is 232 g/mol. The first kappa shape index (κ1) is 12.3. The minimum atomic E-state index is -1.09. The Balaban J connectivity index is 3.07. The van der Waals surface area contributed by atoms with E-state index in [1.54, 1.807) is 18.2 Å². The molecule has 5 heteroatoms. The molecule has 0 bridgehead atoms. The molecule has 2 atom stereocenters. The fourth-order valence-corrected chi connectivity index (χ4v) is 1.57. The van der Waals surface area contributed by atoms with E-state index in [1.165, 1.54) is 7.11 Å². The maximum atomic E-state index is 9.76. The maximum absolute atomic E-state index is 9.76. The largest absolute Gasteiger partial charge is 0.495 e. The van der Waals surface area contributed by atoms with Crippen LogP contribution in [0, 0.1) is 0 Å². The number of aliphatic hydroxyl groups excluding tert-OH is 2. The molecule has 0 saturated carbocycles. The Bertz CT molecular complexity index is 332. The highest BCUT2D eigenvalue weighted by molar-refractivity contribution is 6.32. The first-order valence-electron chi connectivity index (χ1n) is 4.50. The molecule has 4 N–H and O–H groups in total. The molecule has 0 amide bonds. The third-order valence-electron chi connectivity index (χ3n) is 2.13. The summed E-state index contributed by atoms with van der Waals surface area (Å²) in [6, 6.07) is 4.95. The van der Waals surface area contributed by atoms with Crippen molar-refractivity contribution in [3.8, 4) is 5.75 Å². The second-order valence-corrected chi connectivity index (χ2v) is 3.52. The van der Waals surface area contributed by atoms with Gasteiger partial charge in [-0.25, -0.2) is 0 Å². The molecule has 0 aromatic heterocycles. The van der Waals surface area contributed by atoms with Gasteiger partial charge in [-0.15, -0.1) is 0 Å². The molecule has 1 aromatic rings. The molecule has 84 valence electrons. The minimum Gasteiger partial charge on any atom is -0.495 e. The second-order valence-electron chi connectivity index (χ2n) is 3.11. The first-order valence-corrected chi connectivity index (χ1v) is 4.88. The second kappa shape index (κ2) is 5.32. The van der Waals surface area contributed by atoms with Crippen LogP contribution in [0.5, 0.6) is 5.75 Å². The summed E-state index contributed by atoms with van der Waals surface area (Å²) in [7, 11) is 1.45. The zero-order valence-electron chi connectivity index (χ0n) is 8.35. The topological polar surface area (TPSA) is 75.7 Å². The van der Waals surface area contributed by atoms with E-state index in [2.05, 4.69) is 0 Å². The van der Waals surface area contributed by atoms with E-state index in [0.29, 0.717) is 16.3 Å². The van der Waals surface area contributed by atoms with Crippen molar-refractivity contribution in [3.05, 3.63) is 28.8 Å². The van der Waals surface area contributed by atoms with Gasteiger partial charge >= 0.3 is 0 Å². The average Bonchev–Trinajstić information content (AvgIpc) is 2.26. The molecule has 2 unspecified atom stereocenters. The fourth-order valence-electron chi connectivity index (χ4n) is 1.31. The van der Waals surface area contributed by atoms with Gasteiger partial charge in [0, 0.05) is 12.1 Å². The van der Waals surface area contributed by atoms with Gasteiger partial charge in [0.05, 0.1) is 18.2 Å². The lowest BCUT2D eigenvalue weighted by Crippen LogP contribution is -2.27. The predicted octanol–water partition coefficient (Wildman–Crippen LogP) is 0.702. The van der Waals surface area contributed by atoms with E-state index in [0.717, 1.165) is 0 Å². The van der Waals surface area contributed by atoms with Crippen molar-refractivity contribution < 1.29 is 14.9 Å². The highest BCUT2D eigenvalue weighted by Crippen LogP contribution is 2.33. The van der Waals surface area contributed by atoms with Crippen LogP contribution in [-0.2, 0) is 0 Å². The van der Waals surface area contributed by atoms with Gasteiger partial charge in [-0.3, -0.25) is 0 Å². The molecule has 4 nitrogen and oxygen atoms in total. The Morgan fingerprint density at radius 1 is 1.47 bits per heavy atom.